The Morgan fingerprint density at radius 1 is 1.20 bits per heavy atom. The zero-order valence-electron chi connectivity index (χ0n) is 11.4. The molecule has 2 aliphatic rings. The van der Waals surface area contributed by atoms with Gasteiger partial charge >= 0.3 is 0 Å². The third-order valence-electron chi connectivity index (χ3n) is 4.83. The topological polar surface area (TPSA) is 62.1 Å². The summed E-state index contributed by atoms with van der Waals surface area (Å²) in [6.07, 6.45) is 6.00. The number of amides is 1. The number of nitrogens with one attached hydrogen (secondary N) is 1. The second-order valence-electron chi connectivity index (χ2n) is 6.07. The quantitative estimate of drug-likeness (QED) is 0.834. The van der Waals surface area contributed by atoms with E-state index < -0.39 is 0 Å². The van der Waals surface area contributed by atoms with Crippen molar-refractivity contribution in [1.29, 1.82) is 0 Å². The fraction of sp³-hybridized carbons (Fsp3) is 0.438. The van der Waals surface area contributed by atoms with E-state index in [1.807, 2.05) is 30.5 Å². The van der Waals surface area contributed by atoms with E-state index in [-0.39, 0.29) is 11.9 Å². The molecule has 1 aromatic heterocycles. The maximum absolute atomic E-state index is 13.0. The Kier molecular flexibility index (Phi) is 2.60. The normalized spacial score (nSPS) is 29.1. The van der Waals surface area contributed by atoms with E-state index in [4.69, 9.17) is 5.73 Å². The van der Waals surface area contributed by atoms with E-state index >= 15 is 0 Å². The molecule has 1 amide bonds. The van der Waals surface area contributed by atoms with Crippen LogP contribution >= 0.6 is 0 Å². The molecule has 2 atom stereocenters. The molecular formula is C16H19N3O. The number of rotatable bonds is 1. The highest BCUT2D eigenvalue weighted by atomic mass is 16.2. The Labute approximate surface area is 117 Å². The molecule has 1 aromatic carbocycles. The number of hydrogen-bond donors (Lipinski definition) is 2. The van der Waals surface area contributed by atoms with Gasteiger partial charge < -0.3 is 15.6 Å². The number of nitrogens with two attached hydrogens (primary N) is 1. The van der Waals surface area contributed by atoms with Crippen molar-refractivity contribution in [2.24, 2.45) is 5.73 Å². The maximum Gasteiger partial charge on any atom is 0.255 e. The van der Waals surface area contributed by atoms with Gasteiger partial charge in [0.05, 0.1) is 0 Å². The van der Waals surface area contributed by atoms with Gasteiger partial charge in [0.1, 0.15) is 0 Å². The maximum atomic E-state index is 13.0. The highest BCUT2D eigenvalue weighted by Crippen LogP contribution is 2.36. The molecule has 4 rings (SSSR count). The minimum Gasteiger partial charge on any atom is -0.361 e. The lowest BCUT2D eigenvalue weighted by atomic mass is 9.96. The minimum atomic E-state index is 0.176. The number of fused-ring (bicyclic) bond motifs is 3. The number of carbonyl (C=O) groups is 1. The highest BCUT2D eigenvalue weighted by Gasteiger charge is 2.42. The van der Waals surface area contributed by atoms with Crippen LogP contribution in [0.3, 0.4) is 0 Å². The van der Waals surface area contributed by atoms with Crippen LogP contribution in [0.1, 0.15) is 36.0 Å². The van der Waals surface area contributed by atoms with Crippen molar-refractivity contribution in [3.63, 3.8) is 0 Å². The SMILES string of the molecule is NC1CC2CCC(C1)N2C(=O)c1cccc2[nH]ccc12. The summed E-state index contributed by atoms with van der Waals surface area (Å²) in [7, 11) is 0. The van der Waals surface area contributed by atoms with Crippen molar-refractivity contribution in [2.75, 3.05) is 0 Å². The number of nitrogens with zero attached hydrogens (tertiary/aromatic N) is 1. The summed E-state index contributed by atoms with van der Waals surface area (Å²) in [5.74, 6) is 0.176. The lowest BCUT2D eigenvalue weighted by Crippen LogP contribution is -2.50. The molecule has 2 bridgehead atoms. The minimum absolute atomic E-state index is 0.176. The van der Waals surface area contributed by atoms with Crippen molar-refractivity contribution in [3.05, 3.63) is 36.0 Å². The Morgan fingerprint density at radius 2 is 1.95 bits per heavy atom. The number of piperidine rings is 1. The molecule has 0 spiro atoms. The van der Waals surface area contributed by atoms with Gasteiger partial charge in [-0.3, -0.25) is 4.79 Å². The Balaban J connectivity index is 1.73. The molecular weight excluding hydrogens is 250 g/mol. The fourth-order valence-corrected chi connectivity index (χ4v) is 3.96. The van der Waals surface area contributed by atoms with Crippen molar-refractivity contribution in [3.8, 4) is 0 Å². The van der Waals surface area contributed by atoms with Gasteiger partial charge in [-0.1, -0.05) is 6.07 Å². The molecule has 3 N–H and O–H groups in total. The van der Waals surface area contributed by atoms with Crippen LogP contribution in [0.4, 0.5) is 0 Å². The molecule has 2 unspecified atom stereocenters. The summed E-state index contributed by atoms with van der Waals surface area (Å²) < 4.78 is 0. The van der Waals surface area contributed by atoms with E-state index in [2.05, 4.69) is 9.88 Å². The molecule has 2 saturated heterocycles. The van der Waals surface area contributed by atoms with Crippen LogP contribution in [-0.2, 0) is 0 Å². The van der Waals surface area contributed by atoms with Gasteiger partial charge in [-0.2, -0.15) is 0 Å². The van der Waals surface area contributed by atoms with E-state index in [0.717, 1.165) is 42.1 Å². The van der Waals surface area contributed by atoms with Crippen LogP contribution in [0.5, 0.6) is 0 Å². The number of carbonyl (C=O) groups excluding carboxylic acids is 1. The largest absolute Gasteiger partial charge is 0.361 e. The van der Waals surface area contributed by atoms with Crippen LogP contribution in [0, 0.1) is 0 Å². The summed E-state index contributed by atoms with van der Waals surface area (Å²) in [5, 5.41) is 1.02. The van der Waals surface area contributed by atoms with Crippen LogP contribution in [0.25, 0.3) is 10.9 Å². The molecule has 3 heterocycles. The number of hydrogen-bond acceptors (Lipinski definition) is 2. The second kappa shape index (κ2) is 4.35. The fourth-order valence-electron chi connectivity index (χ4n) is 3.96. The Bertz CT molecular complexity index is 649. The average molecular weight is 269 g/mol. The number of H-pyrrole nitrogens is 1. The molecule has 0 aliphatic carbocycles. The standard InChI is InChI=1S/C16H19N3O/c17-10-8-11-4-5-12(9-10)19(11)16(20)14-2-1-3-15-13(14)6-7-18-15/h1-3,6-7,10-12,18H,4-5,8-9,17H2. The Hall–Kier alpha value is -1.81. The van der Waals surface area contributed by atoms with Crippen molar-refractivity contribution >= 4 is 16.8 Å². The summed E-state index contributed by atoms with van der Waals surface area (Å²) >= 11 is 0. The third kappa shape index (κ3) is 1.68. The first-order chi connectivity index (χ1) is 9.74. The number of aromatic amines is 1. The van der Waals surface area contributed by atoms with E-state index in [9.17, 15) is 4.79 Å². The van der Waals surface area contributed by atoms with Crippen molar-refractivity contribution in [1.82, 2.24) is 9.88 Å². The monoisotopic (exact) mass is 269 g/mol. The zero-order chi connectivity index (χ0) is 13.7. The van der Waals surface area contributed by atoms with Gasteiger partial charge in [-0.15, -0.1) is 0 Å². The molecule has 0 radical (unpaired) electrons. The first-order valence-corrected chi connectivity index (χ1v) is 7.38. The predicted molar refractivity (Wildman–Crippen MR) is 78.5 cm³/mol. The molecule has 4 nitrogen and oxygen atoms in total. The number of aromatic nitrogens is 1. The van der Waals surface area contributed by atoms with Gasteiger partial charge in [-0.05, 0) is 43.9 Å². The smallest absolute Gasteiger partial charge is 0.255 e. The van der Waals surface area contributed by atoms with Crippen LogP contribution in [0.15, 0.2) is 30.5 Å². The third-order valence-corrected chi connectivity index (χ3v) is 4.83. The van der Waals surface area contributed by atoms with Gasteiger partial charge in [0, 0.05) is 40.8 Å². The van der Waals surface area contributed by atoms with Gasteiger partial charge in [0.2, 0.25) is 0 Å². The van der Waals surface area contributed by atoms with E-state index in [0.29, 0.717) is 12.1 Å². The number of benzene rings is 1. The van der Waals surface area contributed by atoms with E-state index in [1.54, 1.807) is 0 Å². The van der Waals surface area contributed by atoms with Gasteiger partial charge in [0.25, 0.3) is 5.91 Å². The first-order valence-electron chi connectivity index (χ1n) is 7.38. The summed E-state index contributed by atoms with van der Waals surface area (Å²) in [4.78, 5) is 18.2. The van der Waals surface area contributed by atoms with Crippen molar-refractivity contribution < 1.29 is 4.79 Å². The van der Waals surface area contributed by atoms with Crippen LogP contribution in [-0.4, -0.2) is 33.9 Å². The van der Waals surface area contributed by atoms with Crippen LogP contribution < -0.4 is 5.73 Å². The molecule has 2 fully saturated rings. The van der Waals surface area contributed by atoms with Gasteiger partial charge in [0.15, 0.2) is 0 Å². The predicted octanol–water partition coefficient (Wildman–Crippen LogP) is 2.26. The molecule has 20 heavy (non-hydrogen) atoms. The molecule has 0 saturated carbocycles. The average Bonchev–Trinajstić information content (AvgIpc) is 3.01. The lowest BCUT2D eigenvalue weighted by Gasteiger charge is -2.37. The van der Waals surface area contributed by atoms with Gasteiger partial charge in [-0.25, -0.2) is 0 Å². The van der Waals surface area contributed by atoms with Crippen LogP contribution in [0.2, 0.25) is 0 Å². The zero-order valence-corrected chi connectivity index (χ0v) is 11.4. The first kappa shape index (κ1) is 12.0. The Morgan fingerprint density at radius 3 is 2.70 bits per heavy atom. The molecule has 2 aliphatic heterocycles. The summed E-state index contributed by atoms with van der Waals surface area (Å²) in [5.41, 5.74) is 7.93. The van der Waals surface area contributed by atoms with Crippen molar-refractivity contribution in [2.45, 2.75) is 43.8 Å². The summed E-state index contributed by atoms with van der Waals surface area (Å²) in [6.45, 7) is 0. The highest BCUT2D eigenvalue weighted by molar-refractivity contribution is 6.06. The molecule has 104 valence electrons. The summed E-state index contributed by atoms with van der Waals surface area (Å²) in [6, 6.07) is 8.82. The van der Waals surface area contributed by atoms with E-state index in [1.165, 1.54) is 0 Å². The molecule has 2 aromatic rings. The lowest BCUT2D eigenvalue weighted by molar-refractivity contribution is 0.0577. The molecule has 4 heteroatoms. The second-order valence-corrected chi connectivity index (χ2v) is 6.07.